The minimum Gasteiger partial charge on any atom is -0.494 e. The standard InChI is InChI=1S/C16H15ClO4/c1-2-19-13-7-9-14(10-8-13)20-11-16(18)21-15-5-3-12(17)4-6-15/h3-10H,2,11H2,1H3. The van der Waals surface area contributed by atoms with E-state index < -0.39 is 5.97 Å². The topological polar surface area (TPSA) is 44.8 Å². The second-order valence-electron chi connectivity index (χ2n) is 4.12. The zero-order valence-electron chi connectivity index (χ0n) is 11.5. The largest absolute Gasteiger partial charge is 0.494 e. The summed E-state index contributed by atoms with van der Waals surface area (Å²) in [5.41, 5.74) is 0. The van der Waals surface area contributed by atoms with Gasteiger partial charge in [0.05, 0.1) is 6.61 Å². The van der Waals surface area contributed by atoms with Crippen molar-refractivity contribution in [3.05, 3.63) is 53.6 Å². The first-order valence-electron chi connectivity index (χ1n) is 6.49. The Hall–Kier alpha value is -2.20. The number of carbonyl (C=O) groups excluding carboxylic acids is 1. The second-order valence-corrected chi connectivity index (χ2v) is 4.56. The third-order valence-corrected chi connectivity index (χ3v) is 2.79. The fourth-order valence-electron chi connectivity index (χ4n) is 1.60. The molecule has 0 heterocycles. The van der Waals surface area contributed by atoms with Crippen molar-refractivity contribution >= 4 is 17.6 Å². The number of benzene rings is 2. The van der Waals surface area contributed by atoms with Crippen molar-refractivity contribution in [1.29, 1.82) is 0 Å². The minimum atomic E-state index is -0.480. The molecule has 0 amide bonds. The Morgan fingerprint density at radius 3 is 2.00 bits per heavy atom. The first-order valence-corrected chi connectivity index (χ1v) is 6.87. The molecule has 0 aliphatic rings. The van der Waals surface area contributed by atoms with Gasteiger partial charge in [0, 0.05) is 5.02 Å². The third kappa shape index (κ3) is 5.00. The summed E-state index contributed by atoms with van der Waals surface area (Å²) in [6.45, 7) is 2.35. The maximum atomic E-state index is 11.6. The van der Waals surface area contributed by atoms with Crippen molar-refractivity contribution < 1.29 is 19.0 Å². The van der Waals surface area contributed by atoms with Crippen LogP contribution < -0.4 is 14.2 Å². The molecular weight excluding hydrogens is 292 g/mol. The number of halogens is 1. The van der Waals surface area contributed by atoms with Crippen LogP contribution in [0, 0.1) is 0 Å². The van der Waals surface area contributed by atoms with Gasteiger partial charge in [0.15, 0.2) is 6.61 Å². The molecule has 2 rings (SSSR count). The first kappa shape index (κ1) is 15.2. The molecule has 0 aromatic heterocycles. The molecule has 110 valence electrons. The lowest BCUT2D eigenvalue weighted by atomic mass is 10.3. The lowest BCUT2D eigenvalue weighted by Gasteiger charge is -2.08. The molecular formula is C16H15ClO4. The maximum Gasteiger partial charge on any atom is 0.349 e. The third-order valence-electron chi connectivity index (χ3n) is 2.54. The van der Waals surface area contributed by atoms with Gasteiger partial charge in [0.2, 0.25) is 0 Å². The van der Waals surface area contributed by atoms with Crippen LogP contribution >= 0.6 is 11.6 Å². The lowest BCUT2D eigenvalue weighted by molar-refractivity contribution is -0.136. The van der Waals surface area contributed by atoms with Gasteiger partial charge >= 0.3 is 5.97 Å². The molecule has 0 aliphatic heterocycles. The summed E-state index contributed by atoms with van der Waals surface area (Å²) in [6, 6.07) is 13.6. The fraction of sp³-hybridized carbons (Fsp3) is 0.188. The summed E-state index contributed by atoms with van der Waals surface area (Å²) in [7, 11) is 0. The van der Waals surface area contributed by atoms with E-state index in [1.165, 1.54) is 0 Å². The van der Waals surface area contributed by atoms with E-state index in [0.29, 0.717) is 23.1 Å². The highest BCUT2D eigenvalue weighted by Crippen LogP contribution is 2.18. The van der Waals surface area contributed by atoms with Gasteiger partial charge in [-0.15, -0.1) is 0 Å². The van der Waals surface area contributed by atoms with Crippen LogP contribution in [0.3, 0.4) is 0 Å². The smallest absolute Gasteiger partial charge is 0.349 e. The van der Waals surface area contributed by atoms with Gasteiger partial charge in [-0.3, -0.25) is 0 Å². The Kier molecular flexibility index (Phi) is 5.46. The zero-order valence-corrected chi connectivity index (χ0v) is 12.3. The molecule has 0 N–H and O–H groups in total. The monoisotopic (exact) mass is 306 g/mol. The normalized spacial score (nSPS) is 10.0. The average Bonchev–Trinajstić information content (AvgIpc) is 2.49. The van der Waals surface area contributed by atoms with Gasteiger partial charge in [-0.25, -0.2) is 4.79 Å². The molecule has 21 heavy (non-hydrogen) atoms. The van der Waals surface area contributed by atoms with E-state index in [4.69, 9.17) is 25.8 Å². The van der Waals surface area contributed by atoms with Gasteiger partial charge < -0.3 is 14.2 Å². The summed E-state index contributed by atoms with van der Waals surface area (Å²) in [6.07, 6.45) is 0. The average molecular weight is 307 g/mol. The summed E-state index contributed by atoms with van der Waals surface area (Å²) in [5.74, 6) is 1.28. The van der Waals surface area contributed by atoms with E-state index in [-0.39, 0.29) is 6.61 Å². The quantitative estimate of drug-likeness (QED) is 0.602. The minimum absolute atomic E-state index is 0.170. The van der Waals surface area contributed by atoms with Crippen LogP contribution in [0.25, 0.3) is 0 Å². The van der Waals surface area contributed by atoms with Crippen LogP contribution in [0.4, 0.5) is 0 Å². The van der Waals surface area contributed by atoms with E-state index in [0.717, 1.165) is 5.75 Å². The number of hydrogen-bond acceptors (Lipinski definition) is 4. The SMILES string of the molecule is CCOc1ccc(OCC(=O)Oc2ccc(Cl)cc2)cc1. The van der Waals surface area contributed by atoms with E-state index in [1.807, 2.05) is 6.92 Å². The summed E-state index contributed by atoms with van der Waals surface area (Å²) >= 11 is 5.75. The molecule has 0 aliphatic carbocycles. The molecule has 2 aromatic rings. The number of ether oxygens (including phenoxy) is 3. The Labute approximate surface area is 128 Å². The maximum absolute atomic E-state index is 11.6. The van der Waals surface area contributed by atoms with Crippen LogP contribution in [-0.4, -0.2) is 19.2 Å². The van der Waals surface area contributed by atoms with Crippen molar-refractivity contribution in [3.63, 3.8) is 0 Å². The molecule has 0 spiro atoms. The van der Waals surface area contributed by atoms with Crippen molar-refractivity contribution in [2.45, 2.75) is 6.92 Å². The predicted octanol–water partition coefficient (Wildman–Crippen LogP) is 3.72. The van der Waals surface area contributed by atoms with Crippen molar-refractivity contribution in [2.75, 3.05) is 13.2 Å². The van der Waals surface area contributed by atoms with Crippen LogP contribution in [-0.2, 0) is 4.79 Å². The van der Waals surface area contributed by atoms with Gasteiger partial charge in [0.1, 0.15) is 17.2 Å². The Bertz CT molecular complexity index is 578. The molecule has 0 saturated carbocycles. The van der Waals surface area contributed by atoms with Gasteiger partial charge in [-0.1, -0.05) is 11.6 Å². The summed E-state index contributed by atoms with van der Waals surface area (Å²) in [5, 5.41) is 0.584. The Morgan fingerprint density at radius 1 is 0.905 bits per heavy atom. The Morgan fingerprint density at radius 2 is 1.43 bits per heavy atom. The molecule has 0 unspecified atom stereocenters. The molecule has 0 saturated heterocycles. The molecule has 0 fully saturated rings. The van der Waals surface area contributed by atoms with Crippen molar-refractivity contribution in [2.24, 2.45) is 0 Å². The van der Waals surface area contributed by atoms with Crippen molar-refractivity contribution in [1.82, 2.24) is 0 Å². The van der Waals surface area contributed by atoms with Crippen LogP contribution in [0.1, 0.15) is 6.92 Å². The fourth-order valence-corrected chi connectivity index (χ4v) is 1.73. The molecule has 5 heteroatoms. The number of rotatable bonds is 6. The van der Waals surface area contributed by atoms with Gasteiger partial charge in [-0.2, -0.15) is 0 Å². The predicted molar refractivity (Wildman–Crippen MR) is 80.2 cm³/mol. The molecule has 0 atom stereocenters. The highest BCUT2D eigenvalue weighted by atomic mass is 35.5. The number of carbonyl (C=O) groups is 1. The zero-order chi connectivity index (χ0) is 15.1. The van der Waals surface area contributed by atoms with Crippen LogP contribution in [0.5, 0.6) is 17.2 Å². The summed E-state index contributed by atoms with van der Waals surface area (Å²) in [4.78, 5) is 11.6. The van der Waals surface area contributed by atoms with E-state index in [9.17, 15) is 4.79 Å². The van der Waals surface area contributed by atoms with Crippen LogP contribution in [0.2, 0.25) is 5.02 Å². The number of esters is 1. The van der Waals surface area contributed by atoms with Crippen molar-refractivity contribution in [3.8, 4) is 17.2 Å². The second kappa shape index (κ2) is 7.55. The first-order chi connectivity index (χ1) is 10.2. The van der Waals surface area contributed by atoms with Gasteiger partial charge in [0.25, 0.3) is 0 Å². The summed E-state index contributed by atoms with van der Waals surface area (Å²) < 4.78 is 15.8. The van der Waals surface area contributed by atoms with E-state index in [1.54, 1.807) is 48.5 Å². The van der Waals surface area contributed by atoms with E-state index >= 15 is 0 Å². The highest BCUT2D eigenvalue weighted by molar-refractivity contribution is 6.30. The molecule has 0 radical (unpaired) electrons. The van der Waals surface area contributed by atoms with Crippen LogP contribution in [0.15, 0.2) is 48.5 Å². The molecule has 0 bridgehead atoms. The molecule has 4 nitrogen and oxygen atoms in total. The molecule has 2 aromatic carbocycles. The van der Waals surface area contributed by atoms with E-state index in [2.05, 4.69) is 0 Å². The lowest BCUT2D eigenvalue weighted by Crippen LogP contribution is -2.17. The van der Waals surface area contributed by atoms with Gasteiger partial charge in [-0.05, 0) is 55.5 Å². The number of hydrogen-bond donors (Lipinski definition) is 0. The Balaban J connectivity index is 1.81. The highest BCUT2D eigenvalue weighted by Gasteiger charge is 2.06.